The third-order valence-corrected chi connectivity index (χ3v) is 6.89. The first-order chi connectivity index (χ1) is 13.8. The highest BCUT2D eigenvalue weighted by molar-refractivity contribution is 5.83. The summed E-state index contributed by atoms with van der Waals surface area (Å²) in [6.45, 7) is 5.47. The second kappa shape index (κ2) is 7.88. The van der Waals surface area contributed by atoms with E-state index in [1.165, 1.54) is 48.7 Å². The highest BCUT2D eigenvalue weighted by Gasteiger charge is 2.33. The maximum absolute atomic E-state index is 12.5. The number of carbonyl (C=O) groups is 1. The fraction of sp³-hybridized carbons (Fsp3) is 0.609. The van der Waals surface area contributed by atoms with Gasteiger partial charge in [0.15, 0.2) is 0 Å². The molecule has 1 amide bonds. The molecule has 5 nitrogen and oxygen atoms in total. The van der Waals surface area contributed by atoms with Crippen LogP contribution in [0.15, 0.2) is 30.5 Å². The Hall–Kier alpha value is -1.85. The molecular weight excluding hydrogens is 348 g/mol. The van der Waals surface area contributed by atoms with Gasteiger partial charge < -0.3 is 10.3 Å². The Morgan fingerprint density at radius 1 is 1.07 bits per heavy atom. The molecule has 5 heteroatoms. The Morgan fingerprint density at radius 2 is 1.89 bits per heavy atom. The van der Waals surface area contributed by atoms with Crippen LogP contribution >= 0.6 is 0 Å². The highest BCUT2D eigenvalue weighted by Crippen LogP contribution is 2.27. The van der Waals surface area contributed by atoms with Gasteiger partial charge in [0.2, 0.25) is 5.91 Å². The molecule has 28 heavy (non-hydrogen) atoms. The third-order valence-electron chi connectivity index (χ3n) is 6.89. The summed E-state index contributed by atoms with van der Waals surface area (Å²) in [4.78, 5) is 21.1. The summed E-state index contributed by atoms with van der Waals surface area (Å²) >= 11 is 0. The van der Waals surface area contributed by atoms with E-state index in [4.69, 9.17) is 0 Å². The number of piperidine rings is 2. The van der Waals surface area contributed by atoms with Gasteiger partial charge in [-0.25, -0.2) is 0 Å². The molecule has 0 bridgehead atoms. The average molecular weight is 381 g/mol. The van der Waals surface area contributed by atoms with Gasteiger partial charge in [0, 0.05) is 42.3 Å². The van der Waals surface area contributed by atoms with Crippen LogP contribution in [0.1, 0.15) is 44.1 Å². The van der Waals surface area contributed by atoms with Crippen molar-refractivity contribution in [3.63, 3.8) is 0 Å². The van der Waals surface area contributed by atoms with E-state index < -0.39 is 0 Å². The molecule has 1 saturated carbocycles. The van der Waals surface area contributed by atoms with E-state index in [0.29, 0.717) is 18.0 Å². The van der Waals surface area contributed by atoms with E-state index in [2.05, 4.69) is 50.6 Å². The number of amides is 1. The molecule has 1 aliphatic carbocycles. The molecular formula is C23H32N4O. The molecule has 5 rings (SSSR count). The molecule has 150 valence electrons. The number of nitrogens with one attached hydrogen (secondary N) is 2. The molecule has 2 aliphatic heterocycles. The lowest BCUT2D eigenvalue weighted by Crippen LogP contribution is -2.50. The number of hydrogen-bond acceptors (Lipinski definition) is 3. The van der Waals surface area contributed by atoms with Crippen molar-refractivity contribution in [1.82, 2.24) is 20.1 Å². The third kappa shape index (κ3) is 3.96. The Kier molecular flexibility index (Phi) is 5.12. The van der Waals surface area contributed by atoms with E-state index in [-0.39, 0.29) is 5.92 Å². The molecule has 3 heterocycles. The maximum atomic E-state index is 12.5. The van der Waals surface area contributed by atoms with Crippen LogP contribution in [0.4, 0.5) is 0 Å². The van der Waals surface area contributed by atoms with Crippen LogP contribution in [0.3, 0.4) is 0 Å². The van der Waals surface area contributed by atoms with E-state index in [1.54, 1.807) is 0 Å². The molecule has 0 unspecified atom stereocenters. The number of nitrogens with zero attached hydrogens (tertiary/aromatic N) is 2. The minimum absolute atomic E-state index is 0.207. The van der Waals surface area contributed by atoms with Gasteiger partial charge in [-0.3, -0.25) is 14.6 Å². The van der Waals surface area contributed by atoms with Gasteiger partial charge >= 0.3 is 0 Å². The van der Waals surface area contributed by atoms with Crippen molar-refractivity contribution in [3.8, 4) is 0 Å². The summed E-state index contributed by atoms with van der Waals surface area (Å²) in [5, 5.41) is 4.57. The number of H-pyrrole nitrogens is 1. The smallest absolute Gasteiger partial charge is 0.224 e. The fourth-order valence-electron chi connectivity index (χ4n) is 5.04. The van der Waals surface area contributed by atoms with E-state index in [1.807, 2.05) is 0 Å². The molecule has 3 fully saturated rings. The molecule has 2 N–H and O–H groups in total. The van der Waals surface area contributed by atoms with Crippen LogP contribution in [-0.4, -0.2) is 59.0 Å². The zero-order chi connectivity index (χ0) is 18.9. The first-order valence-corrected chi connectivity index (χ1v) is 11.1. The van der Waals surface area contributed by atoms with Crippen LogP contribution in [0.2, 0.25) is 0 Å². The fourth-order valence-corrected chi connectivity index (χ4v) is 5.04. The molecule has 1 aromatic carbocycles. The Labute approximate surface area is 167 Å². The average Bonchev–Trinajstić information content (AvgIpc) is 3.47. The van der Waals surface area contributed by atoms with Crippen molar-refractivity contribution in [2.75, 3.05) is 26.2 Å². The van der Waals surface area contributed by atoms with Crippen LogP contribution < -0.4 is 5.32 Å². The normalized spacial score (nSPS) is 25.2. The van der Waals surface area contributed by atoms with Crippen LogP contribution in [-0.2, 0) is 11.3 Å². The maximum Gasteiger partial charge on any atom is 0.224 e. The van der Waals surface area contributed by atoms with Crippen molar-refractivity contribution in [3.05, 3.63) is 36.0 Å². The Morgan fingerprint density at radius 3 is 2.71 bits per heavy atom. The van der Waals surface area contributed by atoms with Crippen molar-refractivity contribution < 1.29 is 4.79 Å². The van der Waals surface area contributed by atoms with Gasteiger partial charge in [-0.1, -0.05) is 18.2 Å². The number of para-hydroxylation sites is 1. The predicted molar refractivity (Wildman–Crippen MR) is 112 cm³/mol. The molecule has 1 aromatic heterocycles. The molecule has 2 aromatic rings. The van der Waals surface area contributed by atoms with Gasteiger partial charge in [-0.15, -0.1) is 0 Å². The first kappa shape index (κ1) is 18.2. The molecule has 1 atom stereocenters. The summed E-state index contributed by atoms with van der Waals surface area (Å²) in [6.07, 6.45) is 9.20. The Bertz CT molecular complexity index is 819. The SMILES string of the molecule is O=C(NC1CC1)[C@H]1CCCN(C2CCN(Cc3c[nH]c4ccccc34)CC2)C1. The topological polar surface area (TPSA) is 51.4 Å². The first-order valence-electron chi connectivity index (χ1n) is 11.1. The van der Waals surface area contributed by atoms with Crippen molar-refractivity contribution >= 4 is 16.8 Å². The van der Waals surface area contributed by atoms with E-state index in [0.717, 1.165) is 39.0 Å². The van der Waals surface area contributed by atoms with Gasteiger partial charge in [-0.2, -0.15) is 0 Å². The van der Waals surface area contributed by atoms with Gasteiger partial charge in [0.1, 0.15) is 0 Å². The minimum atomic E-state index is 0.207. The lowest BCUT2D eigenvalue weighted by atomic mass is 9.93. The second-order valence-electron chi connectivity index (χ2n) is 8.98. The van der Waals surface area contributed by atoms with Gasteiger partial charge in [0.25, 0.3) is 0 Å². The summed E-state index contributed by atoms with van der Waals surface area (Å²) in [7, 11) is 0. The van der Waals surface area contributed by atoms with Crippen LogP contribution in [0.25, 0.3) is 10.9 Å². The number of fused-ring (bicyclic) bond motifs is 1. The van der Waals surface area contributed by atoms with Crippen LogP contribution in [0.5, 0.6) is 0 Å². The van der Waals surface area contributed by atoms with E-state index in [9.17, 15) is 4.79 Å². The lowest BCUT2D eigenvalue weighted by Gasteiger charge is -2.42. The number of hydrogen-bond donors (Lipinski definition) is 2. The number of rotatable bonds is 5. The van der Waals surface area contributed by atoms with Crippen molar-refractivity contribution in [2.24, 2.45) is 5.92 Å². The van der Waals surface area contributed by atoms with Crippen molar-refractivity contribution in [1.29, 1.82) is 0 Å². The summed E-state index contributed by atoms with van der Waals surface area (Å²) in [5.41, 5.74) is 2.64. The minimum Gasteiger partial charge on any atom is -0.361 e. The summed E-state index contributed by atoms with van der Waals surface area (Å²) in [5.74, 6) is 0.516. The summed E-state index contributed by atoms with van der Waals surface area (Å²) in [6, 6.07) is 9.71. The zero-order valence-corrected chi connectivity index (χ0v) is 16.7. The molecule has 0 radical (unpaired) electrons. The predicted octanol–water partition coefficient (Wildman–Crippen LogP) is 3.12. The van der Waals surface area contributed by atoms with Crippen molar-refractivity contribution in [2.45, 2.75) is 57.2 Å². The number of likely N-dealkylation sites (tertiary alicyclic amines) is 2. The number of carbonyl (C=O) groups excluding carboxylic acids is 1. The Balaban J connectivity index is 1.14. The second-order valence-corrected chi connectivity index (χ2v) is 8.98. The lowest BCUT2D eigenvalue weighted by molar-refractivity contribution is -0.127. The number of benzene rings is 1. The molecule has 0 spiro atoms. The largest absolute Gasteiger partial charge is 0.361 e. The van der Waals surface area contributed by atoms with Gasteiger partial charge in [0.05, 0.1) is 5.92 Å². The monoisotopic (exact) mass is 380 g/mol. The highest BCUT2D eigenvalue weighted by atomic mass is 16.2. The standard InChI is InChI=1S/C23H32N4O/c28-23(25-19-7-8-19)17-4-3-11-27(16-17)20-9-12-26(13-10-20)15-18-14-24-22-6-2-1-5-21(18)22/h1-2,5-6,14,17,19-20,24H,3-4,7-13,15-16H2,(H,25,28)/t17-/m0/s1. The molecule has 2 saturated heterocycles. The van der Waals surface area contributed by atoms with E-state index >= 15 is 0 Å². The quantitative estimate of drug-likeness (QED) is 0.838. The number of aromatic amines is 1. The van der Waals surface area contributed by atoms with Gasteiger partial charge in [-0.05, 0) is 69.8 Å². The summed E-state index contributed by atoms with van der Waals surface area (Å²) < 4.78 is 0. The molecule has 3 aliphatic rings. The van der Waals surface area contributed by atoms with Crippen LogP contribution in [0, 0.1) is 5.92 Å². The number of aromatic nitrogens is 1. The zero-order valence-electron chi connectivity index (χ0n) is 16.7.